The van der Waals surface area contributed by atoms with E-state index in [4.69, 9.17) is 9.68 Å². The highest BCUT2D eigenvalue weighted by atomic mass is 79.9. The van der Waals surface area contributed by atoms with Gasteiger partial charge in [-0.2, -0.15) is 0 Å². The molecule has 0 amide bonds. The van der Waals surface area contributed by atoms with Gasteiger partial charge in [-0.1, -0.05) is 175 Å². The zero-order chi connectivity index (χ0) is 36.9. The maximum Gasteiger partial charge on any atom is 0.569 e. The van der Waals surface area contributed by atoms with Crippen molar-refractivity contribution in [1.29, 1.82) is 0 Å². The Balaban J connectivity index is 0.000000143. The topological polar surface area (TPSA) is 29.5 Å². The van der Waals surface area contributed by atoms with Crippen LogP contribution in [0.2, 0.25) is 0 Å². The molecular weight excluding hydrogens is 699 g/mol. The van der Waals surface area contributed by atoms with E-state index in [9.17, 15) is 0 Å². The lowest BCUT2D eigenvalue weighted by atomic mass is 9.85. The largest absolute Gasteiger partial charge is 0.569 e. The fourth-order valence-corrected chi connectivity index (χ4v) is 7.24. The van der Waals surface area contributed by atoms with Gasteiger partial charge in [0.05, 0.1) is 5.75 Å². The summed E-state index contributed by atoms with van der Waals surface area (Å²) in [5.41, 5.74) is 5.58. The van der Waals surface area contributed by atoms with E-state index in [0.29, 0.717) is 13.4 Å². The lowest BCUT2D eigenvalue weighted by Crippen LogP contribution is -2.10. The SMILES string of the molecule is Brc1c2ccccc2cc2ccccc12.CC(C)(C)c1ccc(-c2c3ccccc3cc3ccccc23)cc1.CC(C)(C)c1ccc(O[B]O)cc1. The molecule has 8 aromatic rings. The van der Waals surface area contributed by atoms with Gasteiger partial charge in [0.2, 0.25) is 0 Å². The second-order valence-corrected chi connectivity index (χ2v) is 15.9. The van der Waals surface area contributed by atoms with Crippen molar-refractivity contribution in [3.8, 4) is 16.9 Å². The molecule has 0 aliphatic rings. The van der Waals surface area contributed by atoms with Gasteiger partial charge in [0.15, 0.2) is 0 Å². The van der Waals surface area contributed by atoms with Crippen molar-refractivity contribution < 1.29 is 9.68 Å². The van der Waals surface area contributed by atoms with Crippen molar-refractivity contribution >= 4 is 66.7 Å². The molecule has 52 heavy (non-hydrogen) atoms. The van der Waals surface area contributed by atoms with Crippen LogP contribution in [0.4, 0.5) is 0 Å². The average molecular weight is 745 g/mol. The van der Waals surface area contributed by atoms with Gasteiger partial charge in [0.1, 0.15) is 0 Å². The molecule has 1 N–H and O–H groups in total. The van der Waals surface area contributed by atoms with E-state index in [2.05, 4.69) is 191 Å². The molecule has 2 nitrogen and oxygen atoms in total. The van der Waals surface area contributed by atoms with Crippen LogP contribution in [0.1, 0.15) is 52.7 Å². The van der Waals surface area contributed by atoms with Crippen LogP contribution in [0.15, 0.2) is 162 Å². The third-order valence-corrected chi connectivity index (χ3v) is 10.3. The third-order valence-electron chi connectivity index (χ3n) is 9.43. The summed E-state index contributed by atoms with van der Waals surface area (Å²) in [5, 5.41) is 18.7. The Morgan fingerprint density at radius 1 is 0.462 bits per heavy atom. The molecule has 8 rings (SSSR count). The van der Waals surface area contributed by atoms with Crippen molar-refractivity contribution in [2.75, 3.05) is 0 Å². The molecule has 0 fully saturated rings. The molecular formula is C48H45BBrO2. The van der Waals surface area contributed by atoms with Gasteiger partial charge in [0.25, 0.3) is 0 Å². The molecule has 1 radical (unpaired) electrons. The second kappa shape index (κ2) is 15.8. The van der Waals surface area contributed by atoms with Crippen molar-refractivity contribution in [1.82, 2.24) is 0 Å². The van der Waals surface area contributed by atoms with Crippen LogP contribution in [0, 0.1) is 0 Å². The number of rotatable bonds is 3. The quantitative estimate of drug-likeness (QED) is 0.144. The number of hydrogen-bond donors (Lipinski definition) is 1. The van der Waals surface area contributed by atoms with Gasteiger partial charge in [-0.25, -0.2) is 0 Å². The first kappa shape index (κ1) is 36.9. The Morgan fingerprint density at radius 3 is 1.19 bits per heavy atom. The van der Waals surface area contributed by atoms with Crippen molar-refractivity contribution in [3.05, 3.63) is 173 Å². The zero-order valence-corrected chi connectivity index (χ0v) is 32.4. The third kappa shape index (κ3) is 8.42. The summed E-state index contributed by atoms with van der Waals surface area (Å²) in [7, 11) is 0.687. The van der Waals surface area contributed by atoms with Gasteiger partial charge < -0.3 is 9.68 Å². The summed E-state index contributed by atoms with van der Waals surface area (Å²) < 4.78 is 5.99. The van der Waals surface area contributed by atoms with Crippen LogP contribution in [0.5, 0.6) is 5.75 Å². The molecule has 0 aliphatic carbocycles. The van der Waals surface area contributed by atoms with Crippen molar-refractivity contribution in [2.24, 2.45) is 0 Å². The molecule has 0 bridgehead atoms. The molecule has 0 spiro atoms. The molecule has 0 atom stereocenters. The van der Waals surface area contributed by atoms with Crippen LogP contribution in [0.3, 0.4) is 0 Å². The number of benzene rings is 8. The minimum atomic E-state index is 0.154. The minimum absolute atomic E-state index is 0.154. The van der Waals surface area contributed by atoms with Gasteiger partial charge in [0, 0.05) is 4.47 Å². The van der Waals surface area contributed by atoms with E-state index < -0.39 is 0 Å². The first-order valence-corrected chi connectivity index (χ1v) is 18.5. The van der Waals surface area contributed by atoms with E-state index in [-0.39, 0.29) is 10.8 Å². The Hall–Kier alpha value is -4.90. The van der Waals surface area contributed by atoms with E-state index in [0.717, 1.165) is 0 Å². The predicted octanol–water partition coefficient (Wildman–Crippen LogP) is 13.6. The predicted molar refractivity (Wildman–Crippen MR) is 228 cm³/mol. The molecule has 0 saturated carbocycles. The standard InChI is InChI=1S/C24H22.C14H9Br.C10H14BO2/c1-24(2,3)20-14-12-17(13-15-20)23-21-10-6-4-8-18(21)16-19-9-5-7-11-22(19)23;15-14-12-7-3-1-5-10(12)9-11-6-2-4-8-13(11)14;1-10(2,3)8-4-6-9(7-5-8)13-11-12/h4-16H,1-3H3;1-9H;4-7,12H,1-3H3. The molecule has 0 aromatic heterocycles. The fourth-order valence-electron chi connectivity index (χ4n) is 6.51. The first-order chi connectivity index (χ1) is 24.9. The first-order valence-electron chi connectivity index (χ1n) is 17.7. The Labute approximate surface area is 317 Å². The van der Waals surface area contributed by atoms with Crippen LogP contribution < -0.4 is 4.65 Å². The summed E-state index contributed by atoms with van der Waals surface area (Å²) >= 11 is 3.68. The lowest BCUT2D eigenvalue weighted by Gasteiger charge is -2.20. The molecule has 0 saturated heterocycles. The lowest BCUT2D eigenvalue weighted by molar-refractivity contribution is 0.453. The average Bonchev–Trinajstić information content (AvgIpc) is 3.14. The van der Waals surface area contributed by atoms with Crippen molar-refractivity contribution in [3.63, 3.8) is 0 Å². The van der Waals surface area contributed by atoms with Gasteiger partial charge in [-0.3, -0.25) is 0 Å². The molecule has 0 unspecified atom stereocenters. The maximum absolute atomic E-state index is 8.40. The summed E-state index contributed by atoms with van der Waals surface area (Å²) in [4.78, 5) is 0. The summed E-state index contributed by atoms with van der Waals surface area (Å²) in [6.07, 6.45) is 0. The summed E-state index contributed by atoms with van der Waals surface area (Å²) in [5.74, 6) is 0.649. The minimum Gasteiger partial charge on any atom is -0.537 e. The highest BCUT2D eigenvalue weighted by molar-refractivity contribution is 9.10. The zero-order valence-electron chi connectivity index (χ0n) is 30.8. The maximum atomic E-state index is 8.40. The Kier molecular flexibility index (Phi) is 11.2. The second-order valence-electron chi connectivity index (χ2n) is 15.2. The molecule has 259 valence electrons. The van der Waals surface area contributed by atoms with E-state index in [1.807, 2.05) is 24.3 Å². The van der Waals surface area contributed by atoms with E-state index in [1.54, 1.807) is 0 Å². The van der Waals surface area contributed by atoms with Gasteiger partial charge in [-0.15, -0.1) is 0 Å². The van der Waals surface area contributed by atoms with Gasteiger partial charge >= 0.3 is 7.69 Å². The Bertz CT molecular complexity index is 2330. The van der Waals surface area contributed by atoms with Crippen LogP contribution in [-0.4, -0.2) is 12.7 Å². The number of halogens is 1. The summed E-state index contributed by atoms with van der Waals surface area (Å²) in [6.45, 7) is 13.2. The van der Waals surface area contributed by atoms with Crippen LogP contribution in [0.25, 0.3) is 54.2 Å². The normalized spacial score (nSPS) is 11.5. The van der Waals surface area contributed by atoms with E-state index in [1.165, 1.54) is 69.8 Å². The van der Waals surface area contributed by atoms with Crippen LogP contribution in [-0.2, 0) is 10.8 Å². The highest BCUT2D eigenvalue weighted by Gasteiger charge is 2.15. The molecule has 4 heteroatoms. The molecule has 0 aliphatic heterocycles. The van der Waals surface area contributed by atoms with E-state index >= 15 is 0 Å². The molecule has 0 heterocycles. The highest BCUT2D eigenvalue weighted by Crippen LogP contribution is 2.37. The van der Waals surface area contributed by atoms with Gasteiger partial charge in [-0.05, 0) is 116 Å². The van der Waals surface area contributed by atoms with Crippen molar-refractivity contribution in [2.45, 2.75) is 52.4 Å². The summed E-state index contributed by atoms with van der Waals surface area (Å²) in [6, 6.07) is 55.5. The monoisotopic (exact) mass is 743 g/mol. The van der Waals surface area contributed by atoms with Crippen LogP contribution >= 0.6 is 15.9 Å². The number of hydrogen-bond acceptors (Lipinski definition) is 2. The Morgan fingerprint density at radius 2 is 0.808 bits per heavy atom. The smallest absolute Gasteiger partial charge is 0.537 e. The number of fused-ring (bicyclic) bond motifs is 4. The fraction of sp³-hybridized carbons (Fsp3) is 0.167. The molecule has 8 aromatic carbocycles.